The first-order valence-electron chi connectivity index (χ1n) is 5.93. The van der Waals surface area contributed by atoms with E-state index in [1.165, 1.54) is 18.5 Å². The van der Waals surface area contributed by atoms with Crippen LogP contribution in [0.25, 0.3) is 5.69 Å². The number of aliphatic hydroxyl groups excluding tert-OH is 1. The number of aryl methyl sites for hydroxylation is 1. The molecule has 0 aliphatic heterocycles. The highest BCUT2D eigenvalue weighted by atomic mass is 32.2. The molecule has 0 fully saturated rings. The molecule has 0 aliphatic rings. The Kier molecular flexibility index (Phi) is 4.19. The second-order valence-corrected chi connectivity index (χ2v) is 5.26. The van der Waals surface area contributed by atoms with E-state index in [1.54, 1.807) is 0 Å². The van der Waals surface area contributed by atoms with Crippen LogP contribution < -0.4 is 0 Å². The fourth-order valence-electron chi connectivity index (χ4n) is 1.58. The van der Waals surface area contributed by atoms with E-state index in [-0.39, 0.29) is 16.4 Å². The standard InChI is InChI=1S/C13H14N4O2S/c1-8-4-6-11(7-5-8)17-13(14-15-16-17)20-12(9(2)18)10(3)19/h4-7,18H,1-3H3/b12-9+. The number of Topliss-reactive ketones (excluding diaryl/α,β-unsaturated/α-hetero) is 1. The summed E-state index contributed by atoms with van der Waals surface area (Å²) in [5, 5.41) is 21.4. The number of aromatic nitrogens is 4. The van der Waals surface area contributed by atoms with Crippen molar-refractivity contribution in [3.8, 4) is 5.69 Å². The Morgan fingerprint density at radius 3 is 2.45 bits per heavy atom. The number of tetrazole rings is 1. The van der Waals surface area contributed by atoms with Crippen LogP contribution in [-0.4, -0.2) is 31.1 Å². The summed E-state index contributed by atoms with van der Waals surface area (Å²) < 4.78 is 1.52. The van der Waals surface area contributed by atoms with Crippen LogP contribution in [0, 0.1) is 6.92 Å². The molecule has 2 aromatic rings. The molecule has 1 aromatic carbocycles. The average Bonchev–Trinajstić information content (AvgIpc) is 2.84. The molecule has 6 nitrogen and oxygen atoms in total. The van der Waals surface area contributed by atoms with Gasteiger partial charge in [-0.1, -0.05) is 17.7 Å². The van der Waals surface area contributed by atoms with Gasteiger partial charge in [-0.15, -0.1) is 5.10 Å². The minimum absolute atomic E-state index is 0.0408. The minimum Gasteiger partial charge on any atom is -0.511 e. The maximum atomic E-state index is 11.5. The van der Waals surface area contributed by atoms with E-state index in [9.17, 15) is 9.90 Å². The van der Waals surface area contributed by atoms with E-state index in [4.69, 9.17) is 0 Å². The molecule has 0 spiro atoms. The van der Waals surface area contributed by atoms with Gasteiger partial charge in [0.15, 0.2) is 5.78 Å². The van der Waals surface area contributed by atoms with Crippen molar-refractivity contribution in [1.29, 1.82) is 0 Å². The molecule has 0 bridgehead atoms. The summed E-state index contributed by atoms with van der Waals surface area (Å²) in [7, 11) is 0. The number of benzene rings is 1. The molecule has 0 aliphatic carbocycles. The van der Waals surface area contributed by atoms with Crippen LogP contribution in [-0.2, 0) is 4.79 Å². The maximum absolute atomic E-state index is 11.5. The molecule has 20 heavy (non-hydrogen) atoms. The van der Waals surface area contributed by atoms with Crippen molar-refractivity contribution in [2.24, 2.45) is 0 Å². The van der Waals surface area contributed by atoms with Crippen LogP contribution >= 0.6 is 11.8 Å². The number of rotatable bonds is 4. The third kappa shape index (κ3) is 3.05. The zero-order valence-corrected chi connectivity index (χ0v) is 12.2. The molecule has 104 valence electrons. The van der Waals surface area contributed by atoms with E-state index >= 15 is 0 Å². The molecule has 2 rings (SSSR count). The molecular formula is C13H14N4O2S. The first-order chi connectivity index (χ1) is 9.49. The van der Waals surface area contributed by atoms with Gasteiger partial charge in [0.1, 0.15) is 5.76 Å². The molecule has 0 saturated heterocycles. The lowest BCUT2D eigenvalue weighted by molar-refractivity contribution is -0.113. The molecular weight excluding hydrogens is 276 g/mol. The van der Waals surface area contributed by atoms with Crippen molar-refractivity contribution in [3.63, 3.8) is 0 Å². The number of ketones is 1. The number of thioether (sulfide) groups is 1. The van der Waals surface area contributed by atoms with Crippen molar-refractivity contribution in [2.75, 3.05) is 0 Å². The van der Waals surface area contributed by atoms with Crippen molar-refractivity contribution in [1.82, 2.24) is 20.2 Å². The van der Waals surface area contributed by atoms with Gasteiger partial charge >= 0.3 is 0 Å². The van der Waals surface area contributed by atoms with E-state index in [0.717, 1.165) is 23.0 Å². The topological polar surface area (TPSA) is 80.9 Å². The van der Waals surface area contributed by atoms with Gasteiger partial charge in [0.2, 0.25) is 5.16 Å². The smallest absolute Gasteiger partial charge is 0.219 e. The second kappa shape index (κ2) is 5.87. The van der Waals surface area contributed by atoms with Crippen LogP contribution in [0.2, 0.25) is 0 Å². The summed E-state index contributed by atoms with van der Waals surface area (Å²) in [5.41, 5.74) is 1.92. The highest BCUT2D eigenvalue weighted by molar-refractivity contribution is 8.03. The van der Waals surface area contributed by atoms with Gasteiger partial charge in [-0.2, -0.15) is 4.68 Å². The van der Waals surface area contributed by atoms with Crippen molar-refractivity contribution >= 4 is 17.5 Å². The lowest BCUT2D eigenvalue weighted by Crippen LogP contribution is -2.02. The van der Waals surface area contributed by atoms with Gasteiger partial charge in [-0.05, 0) is 55.1 Å². The molecule has 1 aromatic heterocycles. The van der Waals surface area contributed by atoms with Gasteiger partial charge in [-0.25, -0.2) is 0 Å². The van der Waals surface area contributed by atoms with Crippen LogP contribution in [0.15, 0.2) is 40.1 Å². The lowest BCUT2D eigenvalue weighted by Gasteiger charge is -2.06. The molecule has 0 radical (unpaired) electrons. The Balaban J connectivity index is 2.36. The number of hydrogen-bond acceptors (Lipinski definition) is 6. The second-order valence-electron chi connectivity index (χ2n) is 4.28. The van der Waals surface area contributed by atoms with Gasteiger partial charge in [0.05, 0.1) is 10.6 Å². The van der Waals surface area contributed by atoms with E-state index in [2.05, 4.69) is 15.5 Å². The van der Waals surface area contributed by atoms with Gasteiger partial charge in [0, 0.05) is 0 Å². The normalized spacial score (nSPS) is 12.2. The summed E-state index contributed by atoms with van der Waals surface area (Å²) >= 11 is 1.04. The summed E-state index contributed by atoms with van der Waals surface area (Å²) in [4.78, 5) is 11.7. The summed E-state index contributed by atoms with van der Waals surface area (Å²) in [5.74, 6) is -0.269. The Bertz CT molecular complexity index is 657. The van der Waals surface area contributed by atoms with Gasteiger partial charge < -0.3 is 5.11 Å². The SMILES string of the molecule is CC(=O)/C(Sc1nnnn1-c1ccc(C)cc1)=C(/C)O. The number of aliphatic hydroxyl groups is 1. The monoisotopic (exact) mass is 290 g/mol. The van der Waals surface area contributed by atoms with Crippen LogP contribution in [0.3, 0.4) is 0 Å². The molecule has 0 unspecified atom stereocenters. The minimum atomic E-state index is -0.228. The van der Waals surface area contributed by atoms with Gasteiger partial charge in [0.25, 0.3) is 0 Å². The van der Waals surface area contributed by atoms with Crippen molar-refractivity contribution in [3.05, 3.63) is 40.5 Å². The Hall–Kier alpha value is -2.15. The quantitative estimate of drug-likeness (QED) is 0.529. The molecule has 0 atom stereocenters. The average molecular weight is 290 g/mol. The Labute approximate surface area is 120 Å². The molecule has 7 heteroatoms. The predicted octanol–water partition coefficient (Wildman–Crippen LogP) is 2.44. The summed E-state index contributed by atoms with van der Waals surface area (Å²) in [6.45, 7) is 4.84. The third-order valence-corrected chi connectivity index (χ3v) is 3.79. The Morgan fingerprint density at radius 1 is 1.25 bits per heavy atom. The number of carbonyl (C=O) groups is 1. The first-order valence-corrected chi connectivity index (χ1v) is 6.74. The summed E-state index contributed by atoms with van der Waals surface area (Å²) in [6.07, 6.45) is 0. The largest absolute Gasteiger partial charge is 0.511 e. The fourth-order valence-corrected chi connectivity index (χ4v) is 2.36. The van der Waals surface area contributed by atoms with E-state index in [0.29, 0.717) is 5.16 Å². The van der Waals surface area contributed by atoms with Crippen molar-refractivity contribution in [2.45, 2.75) is 25.9 Å². The molecule has 1 heterocycles. The molecule has 0 amide bonds. The maximum Gasteiger partial charge on any atom is 0.219 e. The Morgan fingerprint density at radius 2 is 1.90 bits per heavy atom. The van der Waals surface area contributed by atoms with Crippen molar-refractivity contribution < 1.29 is 9.90 Å². The number of carbonyl (C=O) groups excluding carboxylic acids is 1. The highest BCUT2D eigenvalue weighted by Gasteiger charge is 2.16. The highest BCUT2D eigenvalue weighted by Crippen LogP contribution is 2.28. The fraction of sp³-hybridized carbons (Fsp3) is 0.231. The number of hydrogen-bond donors (Lipinski definition) is 1. The number of allylic oxidation sites excluding steroid dienone is 2. The molecule has 0 saturated carbocycles. The van der Waals surface area contributed by atoms with Gasteiger partial charge in [-0.3, -0.25) is 4.79 Å². The number of nitrogens with zero attached hydrogens (tertiary/aromatic N) is 4. The van der Waals surface area contributed by atoms with E-state index in [1.807, 2.05) is 31.2 Å². The zero-order valence-electron chi connectivity index (χ0n) is 11.4. The summed E-state index contributed by atoms with van der Waals surface area (Å²) in [6, 6.07) is 7.67. The molecule has 1 N–H and O–H groups in total. The van der Waals surface area contributed by atoms with Crippen LogP contribution in [0.1, 0.15) is 19.4 Å². The van der Waals surface area contributed by atoms with Crippen LogP contribution in [0.5, 0.6) is 0 Å². The zero-order chi connectivity index (χ0) is 14.7. The van der Waals surface area contributed by atoms with E-state index < -0.39 is 0 Å². The first kappa shape index (κ1) is 14.3. The lowest BCUT2D eigenvalue weighted by atomic mass is 10.2. The predicted molar refractivity (Wildman–Crippen MR) is 75.8 cm³/mol. The third-order valence-electron chi connectivity index (χ3n) is 2.56. The van der Waals surface area contributed by atoms with Crippen LogP contribution in [0.4, 0.5) is 0 Å².